The maximum atomic E-state index is 13.2. The summed E-state index contributed by atoms with van der Waals surface area (Å²) in [5.41, 5.74) is 0.759. The van der Waals surface area contributed by atoms with Crippen LogP contribution in [-0.2, 0) is 9.53 Å². The van der Waals surface area contributed by atoms with Crippen LogP contribution in [0, 0.1) is 0 Å². The van der Waals surface area contributed by atoms with Gasteiger partial charge >= 0.3 is 0 Å². The average Bonchev–Trinajstić information content (AvgIpc) is 3.46. The number of ketones is 1. The molecule has 0 radical (unpaired) electrons. The predicted molar refractivity (Wildman–Crippen MR) is 105 cm³/mol. The van der Waals surface area contributed by atoms with Crippen LogP contribution in [0.5, 0.6) is 5.75 Å². The molecule has 0 bridgehead atoms. The lowest BCUT2D eigenvalue weighted by molar-refractivity contribution is -0.131. The molecule has 146 valence electrons. The number of thiophene rings is 1. The first-order valence-corrected chi connectivity index (χ1v) is 10.1. The van der Waals surface area contributed by atoms with E-state index < -0.39 is 17.7 Å². The number of carbonyl (C=O) groups is 2. The van der Waals surface area contributed by atoms with E-state index in [0.717, 1.165) is 12.8 Å². The number of para-hydroxylation sites is 1. The highest BCUT2D eigenvalue weighted by Crippen LogP contribution is 2.43. The molecule has 28 heavy (non-hydrogen) atoms. The second-order valence-electron chi connectivity index (χ2n) is 6.81. The molecule has 7 heteroatoms. The third kappa shape index (κ3) is 3.21. The Hall–Kier alpha value is -2.64. The number of aliphatic hydroxyl groups excluding tert-OH is 1. The molecule has 1 fully saturated rings. The maximum Gasteiger partial charge on any atom is 0.290 e. The number of benzene rings is 1. The Bertz CT molecular complexity index is 915. The minimum atomic E-state index is -0.720. The monoisotopic (exact) mass is 399 g/mol. The third-order valence-electron chi connectivity index (χ3n) is 5.15. The van der Waals surface area contributed by atoms with Crippen LogP contribution in [-0.4, -0.2) is 48.1 Å². The molecule has 2 aliphatic heterocycles. The van der Waals surface area contributed by atoms with Crippen LogP contribution in [0.4, 0.5) is 0 Å². The van der Waals surface area contributed by atoms with Crippen molar-refractivity contribution in [1.82, 2.24) is 4.90 Å². The Morgan fingerprint density at radius 1 is 1.32 bits per heavy atom. The van der Waals surface area contributed by atoms with E-state index in [9.17, 15) is 14.7 Å². The zero-order valence-electron chi connectivity index (χ0n) is 15.5. The minimum absolute atomic E-state index is 0.0925. The normalized spacial score (nSPS) is 22.2. The fourth-order valence-electron chi connectivity index (χ4n) is 3.84. The molecule has 0 spiro atoms. The Morgan fingerprint density at radius 3 is 2.82 bits per heavy atom. The molecule has 1 aromatic carbocycles. The molecule has 2 atom stereocenters. The van der Waals surface area contributed by atoms with Crippen LogP contribution in [0.3, 0.4) is 0 Å². The van der Waals surface area contributed by atoms with Gasteiger partial charge in [-0.2, -0.15) is 0 Å². The summed E-state index contributed by atoms with van der Waals surface area (Å²) in [5.74, 6) is -0.825. The van der Waals surface area contributed by atoms with Crippen molar-refractivity contribution in [3.63, 3.8) is 0 Å². The molecular weight excluding hydrogens is 378 g/mol. The zero-order chi connectivity index (χ0) is 19.7. The highest BCUT2D eigenvalue weighted by atomic mass is 32.1. The second kappa shape index (κ2) is 7.77. The Kier molecular flexibility index (Phi) is 5.19. The summed E-state index contributed by atoms with van der Waals surface area (Å²) in [5, 5.41) is 12.5. The molecule has 0 aliphatic carbocycles. The topological polar surface area (TPSA) is 76.1 Å². The summed E-state index contributed by atoms with van der Waals surface area (Å²) in [6, 6.07) is 10.0. The van der Waals surface area contributed by atoms with Gasteiger partial charge in [-0.05, 0) is 30.4 Å². The van der Waals surface area contributed by atoms with Gasteiger partial charge < -0.3 is 19.5 Å². The first-order chi connectivity index (χ1) is 13.6. The number of hydrogen-bond acceptors (Lipinski definition) is 6. The van der Waals surface area contributed by atoms with Crippen molar-refractivity contribution in [3.8, 4) is 5.75 Å². The summed E-state index contributed by atoms with van der Waals surface area (Å²) in [6.45, 7) is 0.971. The first kappa shape index (κ1) is 18.7. The Morgan fingerprint density at radius 2 is 2.14 bits per heavy atom. The summed E-state index contributed by atoms with van der Waals surface area (Å²) in [6.07, 6.45) is 1.68. The predicted octanol–water partition coefficient (Wildman–Crippen LogP) is 3.51. The summed E-state index contributed by atoms with van der Waals surface area (Å²) in [4.78, 5) is 28.1. The fourth-order valence-corrected chi connectivity index (χ4v) is 4.52. The number of ether oxygens (including phenoxy) is 2. The van der Waals surface area contributed by atoms with Gasteiger partial charge in [0.15, 0.2) is 5.76 Å². The van der Waals surface area contributed by atoms with Gasteiger partial charge in [0.25, 0.3) is 5.91 Å². The number of Topliss-reactive ketones (excluding diaryl/α,β-unsaturated/α-hetero) is 1. The maximum absolute atomic E-state index is 13.2. The number of methoxy groups -OCH3 is 1. The molecule has 0 saturated carbocycles. The second-order valence-corrected chi connectivity index (χ2v) is 7.75. The molecule has 1 amide bonds. The Labute approximate surface area is 167 Å². The van der Waals surface area contributed by atoms with Crippen molar-refractivity contribution >= 4 is 23.0 Å². The summed E-state index contributed by atoms with van der Waals surface area (Å²) < 4.78 is 11.2. The van der Waals surface area contributed by atoms with Gasteiger partial charge in [-0.1, -0.05) is 24.3 Å². The van der Waals surface area contributed by atoms with Gasteiger partial charge in [0.2, 0.25) is 5.78 Å². The number of amides is 1. The number of carbonyl (C=O) groups excluding carboxylic acids is 2. The number of aliphatic hydroxyl groups is 1. The Balaban J connectivity index is 1.80. The number of hydrogen-bond donors (Lipinski definition) is 1. The molecule has 2 aliphatic rings. The molecule has 4 rings (SSSR count). The average molecular weight is 399 g/mol. The third-order valence-corrected chi connectivity index (χ3v) is 6.02. The van der Waals surface area contributed by atoms with E-state index in [2.05, 4.69) is 0 Å². The summed E-state index contributed by atoms with van der Waals surface area (Å²) in [7, 11) is 1.55. The smallest absolute Gasteiger partial charge is 0.290 e. The van der Waals surface area contributed by atoms with Gasteiger partial charge in [0.1, 0.15) is 5.75 Å². The van der Waals surface area contributed by atoms with Crippen molar-refractivity contribution in [2.45, 2.75) is 25.0 Å². The molecule has 1 saturated heterocycles. The van der Waals surface area contributed by atoms with Crippen LogP contribution >= 0.6 is 11.3 Å². The van der Waals surface area contributed by atoms with Crippen LogP contribution in [0.25, 0.3) is 0 Å². The summed E-state index contributed by atoms with van der Waals surface area (Å²) >= 11 is 1.28. The lowest BCUT2D eigenvalue weighted by Crippen LogP contribution is -2.37. The van der Waals surface area contributed by atoms with Gasteiger partial charge in [0, 0.05) is 18.7 Å². The van der Waals surface area contributed by atoms with Gasteiger partial charge in [0.05, 0.1) is 29.7 Å². The quantitative estimate of drug-likeness (QED) is 0.753. The van der Waals surface area contributed by atoms with Gasteiger partial charge in [-0.3, -0.25) is 9.59 Å². The van der Waals surface area contributed by atoms with E-state index in [1.807, 2.05) is 18.2 Å². The molecule has 1 aromatic heterocycles. The van der Waals surface area contributed by atoms with Crippen LogP contribution in [0.1, 0.15) is 34.1 Å². The molecule has 2 aromatic rings. The van der Waals surface area contributed by atoms with E-state index >= 15 is 0 Å². The molecule has 1 N–H and O–H groups in total. The largest absolute Gasteiger partial charge is 0.503 e. The van der Waals surface area contributed by atoms with Crippen molar-refractivity contribution in [3.05, 3.63) is 63.6 Å². The lowest BCUT2D eigenvalue weighted by atomic mass is 9.94. The van der Waals surface area contributed by atoms with Gasteiger partial charge in [-0.15, -0.1) is 11.3 Å². The van der Waals surface area contributed by atoms with Crippen molar-refractivity contribution in [2.24, 2.45) is 0 Å². The van der Waals surface area contributed by atoms with E-state index in [1.165, 1.54) is 16.2 Å². The van der Waals surface area contributed by atoms with E-state index in [1.54, 1.807) is 30.7 Å². The van der Waals surface area contributed by atoms with E-state index in [0.29, 0.717) is 29.3 Å². The van der Waals surface area contributed by atoms with Crippen LogP contribution in [0.15, 0.2) is 53.1 Å². The minimum Gasteiger partial charge on any atom is -0.503 e. The van der Waals surface area contributed by atoms with E-state index in [-0.39, 0.29) is 17.5 Å². The standard InChI is InChI=1S/C21H21NO5S/c1-26-15-8-3-2-7-14(15)18-17(19(23)16-9-5-11-28-16)20(24)21(25)22(18)12-13-6-4-10-27-13/h2-3,5,7-9,11,13,18,24H,4,6,10,12H2,1H3/t13-,18-/m1/s1. The fraction of sp³-hybridized carbons (Fsp3) is 0.333. The molecule has 6 nitrogen and oxygen atoms in total. The number of rotatable bonds is 6. The van der Waals surface area contributed by atoms with E-state index in [4.69, 9.17) is 9.47 Å². The van der Waals surface area contributed by atoms with Crippen molar-refractivity contribution in [1.29, 1.82) is 0 Å². The lowest BCUT2D eigenvalue weighted by Gasteiger charge is -2.29. The highest BCUT2D eigenvalue weighted by Gasteiger charge is 2.45. The number of nitrogens with zero attached hydrogens (tertiary/aromatic N) is 1. The van der Waals surface area contributed by atoms with Crippen molar-refractivity contribution < 1.29 is 24.2 Å². The molecule has 3 heterocycles. The van der Waals surface area contributed by atoms with Crippen molar-refractivity contribution in [2.75, 3.05) is 20.3 Å². The molecule has 0 unspecified atom stereocenters. The molecular formula is C21H21NO5S. The van der Waals surface area contributed by atoms with Gasteiger partial charge in [-0.25, -0.2) is 0 Å². The SMILES string of the molecule is COc1ccccc1[C@@H]1C(C(=O)c2cccs2)=C(O)C(=O)N1C[C@H]1CCCO1. The first-order valence-electron chi connectivity index (χ1n) is 9.18. The van der Waals surface area contributed by atoms with Crippen LogP contribution < -0.4 is 4.74 Å². The zero-order valence-corrected chi connectivity index (χ0v) is 16.3. The van der Waals surface area contributed by atoms with Crippen LogP contribution in [0.2, 0.25) is 0 Å². The highest BCUT2D eigenvalue weighted by molar-refractivity contribution is 7.12.